The van der Waals surface area contributed by atoms with E-state index in [2.05, 4.69) is 4.72 Å². The third-order valence-electron chi connectivity index (χ3n) is 2.44. The van der Waals surface area contributed by atoms with Gasteiger partial charge in [0, 0.05) is 12.6 Å². The molecule has 0 bridgehead atoms. The highest BCUT2D eigenvalue weighted by molar-refractivity contribution is 7.89. The first-order valence-corrected chi connectivity index (χ1v) is 6.86. The van der Waals surface area contributed by atoms with Gasteiger partial charge in [-0.2, -0.15) is 0 Å². The summed E-state index contributed by atoms with van der Waals surface area (Å²) in [5.74, 6) is -0.756. The number of hydrogen-bond donors (Lipinski definition) is 2. The molecule has 1 atom stereocenters. The molecule has 0 aliphatic rings. The van der Waals surface area contributed by atoms with Crippen molar-refractivity contribution in [2.24, 2.45) is 5.73 Å². The van der Waals surface area contributed by atoms with E-state index < -0.39 is 15.8 Å². The van der Waals surface area contributed by atoms with Crippen molar-refractivity contribution in [2.45, 2.75) is 31.2 Å². The van der Waals surface area contributed by atoms with Gasteiger partial charge in [0.2, 0.25) is 10.0 Å². The summed E-state index contributed by atoms with van der Waals surface area (Å²) < 4.78 is 39.4. The molecule has 0 aliphatic carbocycles. The van der Waals surface area contributed by atoms with Gasteiger partial charge >= 0.3 is 0 Å². The third-order valence-corrected chi connectivity index (χ3v) is 3.87. The first-order chi connectivity index (χ1) is 7.86. The van der Waals surface area contributed by atoms with E-state index in [4.69, 9.17) is 5.73 Å². The summed E-state index contributed by atoms with van der Waals surface area (Å²) in [7, 11) is -3.82. The van der Waals surface area contributed by atoms with Crippen LogP contribution in [-0.2, 0) is 10.0 Å². The fraction of sp³-hybridized carbons (Fsp3) is 0.455. The molecule has 0 fully saturated rings. The van der Waals surface area contributed by atoms with E-state index in [-0.39, 0.29) is 17.5 Å². The predicted octanol–water partition coefficient (Wildman–Crippen LogP) is 1.15. The Kier molecular flexibility index (Phi) is 4.62. The first-order valence-electron chi connectivity index (χ1n) is 5.38. The Hall–Kier alpha value is -0.980. The number of hydrogen-bond acceptors (Lipinski definition) is 3. The van der Waals surface area contributed by atoms with Gasteiger partial charge in [-0.15, -0.1) is 0 Å². The van der Waals surface area contributed by atoms with Crippen molar-refractivity contribution in [1.82, 2.24) is 4.72 Å². The van der Waals surface area contributed by atoms with Crippen LogP contribution < -0.4 is 10.5 Å². The van der Waals surface area contributed by atoms with Gasteiger partial charge < -0.3 is 5.73 Å². The normalized spacial score (nSPS) is 13.6. The van der Waals surface area contributed by atoms with Crippen LogP contribution in [-0.4, -0.2) is 21.0 Å². The molecule has 0 aliphatic heterocycles. The summed E-state index contributed by atoms with van der Waals surface area (Å²) in [5.41, 5.74) is 6.29. The molecule has 6 heteroatoms. The van der Waals surface area contributed by atoms with E-state index in [1.165, 1.54) is 12.1 Å². The van der Waals surface area contributed by atoms with Crippen LogP contribution in [0.15, 0.2) is 23.1 Å². The van der Waals surface area contributed by atoms with Crippen molar-refractivity contribution in [2.75, 3.05) is 6.54 Å². The van der Waals surface area contributed by atoms with E-state index in [1.807, 2.05) is 6.92 Å². The molecule has 0 heterocycles. The second-order valence-corrected chi connectivity index (χ2v) is 5.69. The number of sulfonamides is 1. The number of nitrogens with one attached hydrogen (secondary N) is 1. The molecule has 1 aromatic carbocycles. The van der Waals surface area contributed by atoms with Crippen LogP contribution in [0.4, 0.5) is 4.39 Å². The maximum absolute atomic E-state index is 13.4. The van der Waals surface area contributed by atoms with Crippen molar-refractivity contribution >= 4 is 10.0 Å². The third kappa shape index (κ3) is 3.76. The molecule has 0 saturated carbocycles. The number of halogens is 1. The number of aryl methyl sites for hydroxylation is 1. The predicted molar refractivity (Wildman–Crippen MR) is 64.6 cm³/mol. The van der Waals surface area contributed by atoms with E-state index in [9.17, 15) is 12.8 Å². The molecule has 1 aromatic rings. The van der Waals surface area contributed by atoms with Gasteiger partial charge in [0.25, 0.3) is 0 Å². The van der Waals surface area contributed by atoms with Crippen molar-refractivity contribution < 1.29 is 12.8 Å². The number of rotatable bonds is 5. The highest BCUT2D eigenvalue weighted by Gasteiger charge is 2.19. The molecule has 0 aromatic heterocycles. The average molecular weight is 260 g/mol. The Bertz CT molecular complexity index is 488. The SMILES string of the molecule is CCC(N)CNS(=O)(=O)c1cc(C)ccc1F. The van der Waals surface area contributed by atoms with E-state index in [0.717, 1.165) is 6.07 Å². The van der Waals surface area contributed by atoms with Gasteiger partial charge in [-0.3, -0.25) is 0 Å². The van der Waals surface area contributed by atoms with Crippen molar-refractivity contribution in [1.29, 1.82) is 0 Å². The topological polar surface area (TPSA) is 72.2 Å². The highest BCUT2D eigenvalue weighted by Crippen LogP contribution is 2.15. The molecule has 0 radical (unpaired) electrons. The van der Waals surface area contributed by atoms with E-state index in [0.29, 0.717) is 12.0 Å². The molecular formula is C11H17FN2O2S. The van der Waals surface area contributed by atoms with Gasteiger partial charge in [-0.05, 0) is 31.0 Å². The van der Waals surface area contributed by atoms with Crippen LogP contribution in [0.2, 0.25) is 0 Å². The molecule has 1 rings (SSSR count). The molecule has 96 valence electrons. The summed E-state index contributed by atoms with van der Waals surface area (Å²) in [6.45, 7) is 3.66. The van der Waals surface area contributed by atoms with Crippen LogP contribution in [0.5, 0.6) is 0 Å². The van der Waals surface area contributed by atoms with Crippen molar-refractivity contribution in [3.8, 4) is 0 Å². The first kappa shape index (κ1) is 14.1. The molecule has 4 nitrogen and oxygen atoms in total. The number of benzene rings is 1. The summed E-state index contributed by atoms with van der Waals surface area (Å²) in [5, 5.41) is 0. The minimum absolute atomic E-state index is 0.103. The second-order valence-electron chi connectivity index (χ2n) is 3.95. The zero-order valence-electron chi connectivity index (χ0n) is 9.90. The average Bonchev–Trinajstić information content (AvgIpc) is 2.29. The van der Waals surface area contributed by atoms with Crippen LogP contribution in [0.3, 0.4) is 0 Å². The van der Waals surface area contributed by atoms with Crippen LogP contribution in [0, 0.1) is 12.7 Å². The fourth-order valence-corrected chi connectivity index (χ4v) is 2.51. The van der Waals surface area contributed by atoms with Crippen molar-refractivity contribution in [3.05, 3.63) is 29.6 Å². The van der Waals surface area contributed by atoms with Gasteiger partial charge in [0.1, 0.15) is 10.7 Å². The van der Waals surface area contributed by atoms with E-state index >= 15 is 0 Å². The lowest BCUT2D eigenvalue weighted by Gasteiger charge is -2.11. The zero-order valence-corrected chi connectivity index (χ0v) is 10.7. The lowest BCUT2D eigenvalue weighted by Crippen LogP contribution is -2.37. The fourth-order valence-electron chi connectivity index (χ4n) is 1.26. The van der Waals surface area contributed by atoms with Crippen molar-refractivity contribution in [3.63, 3.8) is 0 Å². The quantitative estimate of drug-likeness (QED) is 0.834. The summed E-state index contributed by atoms with van der Waals surface area (Å²) in [6.07, 6.45) is 0.652. The summed E-state index contributed by atoms with van der Waals surface area (Å²) in [6, 6.07) is 3.70. The second kappa shape index (κ2) is 5.57. The maximum atomic E-state index is 13.4. The molecule has 0 saturated heterocycles. The van der Waals surface area contributed by atoms with Crippen LogP contribution in [0.1, 0.15) is 18.9 Å². The number of nitrogens with two attached hydrogens (primary N) is 1. The Morgan fingerprint density at radius 2 is 2.12 bits per heavy atom. The molecule has 1 unspecified atom stereocenters. The van der Waals surface area contributed by atoms with E-state index in [1.54, 1.807) is 6.92 Å². The molecule has 3 N–H and O–H groups in total. The Balaban J connectivity index is 2.93. The Morgan fingerprint density at radius 1 is 1.47 bits per heavy atom. The smallest absolute Gasteiger partial charge is 0.243 e. The Morgan fingerprint density at radius 3 is 2.71 bits per heavy atom. The van der Waals surface area contributed by atoms with Crippen LogP contribution >= 0.6 is 0 Å². The van der Waals surface area contributed by atoms with Gasteiger partial charge in [-0.1, -0.05) is 13.0 Å². The monoisotopic (exact) mass is 260 g/mol. The van der Waals surface area contributed by atoms with Crippen LogP contribution in [0.25, 0.3) is 0 Å². The standard InChI is InChI=1S/C11H17FN2O2S/c1-3-9(13)7-14-17(15,16)11-6-8(2)4-5-10(11)12/h4-6,9,14H,3,7,13H2,1-2H3. The Labute approximate surface area is 101 Å². The molecule has 17 heavy (non-hydrogen) atoms. The summed E-state index contributed by atoms with van der Waals surface area (Å²) in [4.78, 5) is -0.333. The molecule has 0 amide bonds. The highest BCUT2D eigenvalue weighted by atomic mass is 32.2. The minimum Gasteiger partial charge on any atom is -0.327 e. The van der Waals surface area contributed by atoms with Gasteiger partial charge in [0.15, 0.2) is 0 Å². The van der Waals surface area contributed by atoms with Gasteiger partial charge in [-0.25, -0.2) is 17.5 Å². The lowest BCUT2D eigenvalue weighted by atomic mass is 10.2. The lowest BCUT2D eigenvalue weighted by molar-refractivity contribution is 0.546. The zero-order chi connectivity index (χ0) is 13.1. The minimum atomic E-state index is -3.82. The largest absolute Gasteiger partial charge is 0.327 e. The van der Waals surface area contributed by atoms with Gasteiger partial charge in [0.05, 0.1) is 0 Å². The maximum Gasteiger partial charge on any atom is 0.243 e. The molecular weight excluding hydrogens is 243 g/mol. The summed E-state index contributed by atoms with van der Waals surface area (Å²) >= 11 is 0. The molecule has 0 spiro atoms.